The van der Waals surface area contributed by atoms with Gasteiger partial charge in [-0.1, -0.05) is 23.7 Å². The van der Waals surface area contributed by atoms with Crippen molar-refractivity contribution >= 4 is 28.6 Å². The maximum Gasteiger partial charge on any atom is 0.341 e. The first-order chi connectivity index (χ1) is 11.5. The van der Waals surface area contributed by atoms with E-state index < -0.39 is 5.97 Å². The van der Waals surface area contributed by atoms with Gasteiger partial charge in [-0.05, 0) is 23.8 Å². The van der Waals surface area contributed by atoms with Crippen LogP contribution in [-0.2, 0) is 11.2 Å². The second-order valence-corrected chi connectivity index (χ2v) is 5.55. The number of imidazole rings is 1. The van der Waals surface area contributed by atoms with Crippen LogP contribution in [0.5, 0.6) is 5.75 Å². The summed E-state index contributed by atoms with van der Waals surface area (Å²) >= 11 is 6.25. The molecule has 24 heavy (non-hydrogen) atoms. The van der Waals surface area contributed by atoms with Gasteiger partial charge in [0.25, 0.3) is 0 Å². The summed E-state index contributed by atoms with van der Waals surface area (Å²) in [4.78, 5) is 19.5. The summed E-state index contributed by atoms with van der Waals surface area (Å²) < 4.78 is 23.1. The number of hydrogen-bond donors (Lipinski definition) is 1. The molecule has 1 heterocycles. The molecule has 0 aliphatic rings. The highest BCUT2D eigenvalue weighted by Crippen LogP contribution is 2.34. The van der Waals surface area contributed by atoms with E-state index in [1.54, 1.807) is 12.1 Å². The Kier molecular flexibility index (Phi) is 4.40. The van der Waals surface area contributed by atoms with Gasteiger partial charge in [-0.15, -0.1) is 0 Å². The minimum Gasteiger partial charge on any atom is -0.493 e. The van der Waals surface area contributed by atoms with Gasteiger partial charge in [0, 0.05) is 6.42 Å². The molecule has 0 aliphatic heterocycles. The molecule has 0 saturated carbocycles. The number of fused-ring (bicyclic) bond motifs is 1. The van der Waals surface area contributed by atoms with Crippen molar-refractivity contribution in [1.29, 1.82) is 0 Å². The number of aromatic nitrogens is 2. The quantitative estimate of drug-likeness (QED) is 0.729. The van der Waals surface area contributed by atoms with Crippen molar-refractivity contribution in [3.63, 3.8) is 0 Å². The summed E-state index contributed by atoms with van der Waals surface area (Å²) in [6, 6.07) is 7.62. The largest absolute Gasteiger partial charge is 0.493 e. The molecule has 0 fully saturated rings. The first-order valence-electron chi connectivity index (χ1n) is 7.11. The van der Waals surface area contributed by atoms with Crippen LogP contribution in [0.1, 0.15) is 21.7 Å². The van der Waals surface area contributed by atoms with Crippen LogP contribution >= 0.6 is 11.6 Å². The molecule has 1 aromatic heterocycles. The average Bonchev–Trinajstić information content (AvgIpc) is 3.00. The fourth-order valence-corrected chi connectivity index (χ4v) is 2.74. The van der Waals surface area contributed by atoms with Crippen LogP contribution in [-0.4, -0.2) is 30.2 Å². The number of aromatic amines is 1. The lowest BCUT2D eigenvalue weighted by molar-refractivity contribution is 0.0597. The van der Waals surface area contributed by atoms with E-state index in [1.165, 1.54) is 32.4 Å². The fraction of sp³-hybridized carbons (Fsp3) is 0.176. The van der Waals surface area contributed by atoms with Crippen LogP contribution in [0, 0.1) is 5.82 Å². The van der Waals surface area contributed by atoms with E-state index in [2.05, 4.69) is 9.97 Å². The second kappa shape index (κ2) is 6.49. The monoisotopic (exact) mass is 348 g/mol. The van der Waals surface area contributed by atoms with Crippen LogP contribution in [0.4, 0.5) is 4.39 Å². The van der Waals surface area contributed by atoms with Crippen LogP contribution in [0.15, 0.2) is 30.3 Å². The number of hydrogen-bond acceptors (Lipinski definition) is 4. The Labute approximate surface area is 142 Å². The van der Waals surface area contributed by atoms with Crippen LogP contribution in [0.2, 0.25) is 5.02 Å². The van der Waals surface area contributed by atoms with E-state index >= 15 is 0 Å². The van der Waals surface area contributed by atoms with Gasteiger partial charge < -0.3 is 14.5 Å². The number of rotatable bonds is 4. The summed E-state index contributed by atoms with van der Waals surface area (Å²) in [6.07, 6.45) is 0.460. The molecule has 0 aliphatic carbocycles. The molecule has 0 amide bonds. The molecule has 2 aromatic carbocycles. The maximum atomic E-state index is 13.0. The molecule has 7 heteroatoms. The first kappa shape index (κ1) is 16.3. The Hall–Kier alpha value is -2.60. The van der Waals surface area contributed by atoms with Crippen molar-refractivity contribution in [2.75, 3.05) is 14.2 Å². The van der Waals surface area contributed by atoms with E-state index in [1.807, 2.05) is 0 Å². The van der Waals surface area contributed by atoms with Crippen molar-refractivity contribution in [3.8, 4) is 5.75 Å². The Morgan fingerprint density at radius 3 is 2.62 bits per heavy atom. The fourth-order valence-electron chi connectivity index (χ4n) is 2.50. The number of ether oxygens (including phenoxy) is 2. The van der Waals surface area contributed by atoms with Crippen molar-refractivity contribution in [3.05, 3.63) is 58.1 Å². The summed E-state index contributed by atoms with van der Waals surface area (Å²) in [5.74, 6) is 0.0659. The van der Waals surface area contributed by atoms with E-state index in [0.29, 0.717) is 34.1 Å². The number of nitrogens with zero attached hydrogens (tertiary/aromatic N) is 1. The lowest BCUT2D eigenvalue weighted by atomic mass is 10.1. The zero-order chi connectivity index (χ0) is 17.3. The van der Waals surface area contributed by atoms with E-state index in [4.69, 9.17) is 21.1 Å². The minimum absolute atomic E-state index is 0.206. The number of H-pyrrole nitrogens is 1. The predicted molar refractivity (Wildman–Crippen MR) is 88.2 cm³/mol. The molecule has 124 valence electrons. The van der Waals surface area contributed by atoms with Gasteiger partial charge in [0.1, 0.15) is 22.7 Å². The molecule has 1 N–H and O–H groups in total. The van der Waals surface area contributed by atoms with Gasteiger partial charge in [-0.3, -0.25) is 0 Å². The average molecular weight is 349 g/mol. The Morgan fingerprint density at radius 1 is 1.29 bits per heavy atom. The van der Waals surface area contributed by atoms with Crippen LogP contribution in [0.25, 0.3) is 11.0 Å². The van der Waals surface area contributed by atoms with Crippen molar-refractivity contribution in [2.24, 2.45) is 0 Å². The van der Waals surface area contributed by atoms with Gasteiger partial charge in [0.05, 0.1) is 24.8 Å². The zero-order valence-corrected chi connectivity index (χ0v) is 13.8. The van der Waals surface area contributed by atoms with Crippen molar-refractivity contribution in [1.82, 2.24) is 9.97 Å². The number of methoxy groups -OCH3 is 2. The third kappa shape index (κ3) is 2.92. The Morgan fingerprint density at radius 2 is 2.00 bits per heavy atom. The SMILES string of the molecule is COC(=O)c1cc(Cl)c2[nH]c(Cc3ccc(F)cc3)nc2c1OC. The number of halogens is 2. The number of carbonyl (C=O) groups excluding carboxylic acids is 1. The third-order valence-corrected chi connectivity index (χ3v) is 3.91. The molecule has 3 aromatic rings. The topological polar surface area (TPSA) is 64.2 Å². The number of benzene rings is 2. The number of esters is 1. The lowest BCUT2D eigenvalue weighted by Crippen LogP contribution is -2.04. The van der Waals surface area contributed by atoms with Crippen molar-refractivity contribution < 1.29 is 18.7 Å². The summed E-state index contributed by atoms with van der Waals surface area (Å²) in [5.41, 5.74) is 2.11. The standard InChI is InChI=1S/C17H14ClFN2O3/c1-23-16-11(17(22)24-2)8-12(18)14-15(16)21-13(20-14)7-9-3-5-10(19)6-4-9/h3-6,8H,7H2,1-2H3,(H,20,21). The highest BCUT2D eigenvalue weighted by molar-refractivity contribution is 6.35. The normalized spacial score (nSPS) is 10.8. The van der Waals surface area contributed by atoms with Gasteiger partial charge >= 0.3 is 5.97 Å². The molecule has 0 bridgehead atoms. The number of nitrogens with one attached hydrogen (secondary N) is 1. The van der Waals surface area contributed by atoms with E-state index in [0.717, 1.165) is 5.56 Å². The summed E-state index contributed by atoms with van der Waals surface area (Å²) in [7, 11) is 2.73. The number of carbonyl (C=O) groups is 1. The van der Waals surface area contributed by atoms with Gasteiger partial charge in [-0.25, -0.2) is 14.2 Å². The summed E-state index contributed by atoms with van der Waals surface area (Å²) in [6.45, 7) is 0. The Bertz CT molecular complexity index is 906. The molecule has 0 atom stereocenters. The third-order valence-electron chi connectivity index (χ3n) is 3.62. The highest BCUT2D eigenvalue weighted by atomic mass is 35.5. The van der Waals surface area contributed by atoms with Crippen molar-refractivity contribution in [2.45, 2.75) is 6.42 Å². The van der Waals surface area contributed by atoms with Gasteiger partial charge in [-0.2, -0.15) is 0 Å². The minimum atomic E-state index is -0.557. The molecular weight excluding hydrogens is 335 g/mol. The Balaban J connectivity index is 2.08. The smallest absolute Gasteiger partial charge is 0.341 e. The molecule has 0 saturated heterocycles. The zero-order valence-electron chi connectivity index (χ0n) is 13.0. The van der Waals surface area contributed by atoms with Crippen LogP contribution in [0.3, 0.4) is 0 Å². The van der Waals surface area contributed by atoms with Crippen LogP contribution < -0.4 is 4.74 Å². The summed E-state index contributed by atoms with van der Waals surface area (Å²) in [5, 5.41) is 0.337. The second-order valence-electron chi connectivity index (χ2n) is 5.14. The van der Waals surface area contributed by atoms with E-state index in [9.17, 15) is 9.18 Å². The molecular formula is C17H14ClFN2O3. The predicted octanol–water partition coefficient (Wildman–Crippen LogP) is 3.74. The molecule has 3 rings (SSSR count). The first-order valence-corrected chi connectivity index (χ1v) is 7.49. The molecule has 5 nitrogen and oxygen atoms in total. The van der Waals surface area contributed by atoms with E-state index in [-0.39, 0.29) is 11.4 Å². The van der Waals surface area contributed by atoms with Gasteiger partial charge in [0.15, 0.2) is 5.75 Å². The molecule has 0 unspecified atom stereocenters. The molecule has 0 radical (unpaired) electrons. The van der Waals surface area contributed by atoms with Gasteiger partial charge in [0.2, 0.25) is 0 Å². The maximum absolute atomic E-state index is 13.0. The highest BCUT2D eigenvalue weighted by Gasteiger charge is 2.21. The molecule has 0 spiro atoms. The lowest BCUT2D eigenvalue weighted by Gasteiger charge is -2.08.